The number of Topliss-reactive ketones (excluding diaryl/α,β-unsaturated/α-hetero) is 1. The standard InChI is InChI=1S/C15H19NO3/c1-19-14-6-4-12(5-7-14)9-16-8-2-3-13(10-16)15(18)11-17/h4-7,11,13H,2-3,8-10H2,1H3. The Hall–Kier alpha value is -1.68. The molecule has 1 aliphatic rings. The molecule has 0 bridgehead atoms. The van der Waals surface area contributed by atoms with Crippen molar-refractivity contribution >= 4 is 12.1 Å². The Bertz CT molecular complexity index is 441. The van der Waals surface area contributed by atoms with Crippen LogP contribution in [0.25, 0.3) is 0 Å². The van der Waals surface area contributed by atoms with Gasteiger partial charge >= 0.3 is 0 Å². The number of piperidine rings is 1. The molecule has 0 saturated carbocycles. The first kappa shape index (κ1) is 13.7. The van der Waals surface area contributed by atoms with E-state index in [1.54, 1.807) is 7.11 Å². The highest BCUT2D eigenvalue weighted by Crippen LogP contribution is 2.20. The summed E-state index contributed by atoms with van der Waals surface area (Å²) in [6, 6.07) is 7.94. The van der Waals surface area contributed by atoms with E-state index in [0.717, 1.165) is 31.7 Å². The molecule has 1 unspecified atom stereocenters. The van der Waals surface area contributed by atoms with Gasteiger partial charge < -0.3 is 4.74 Å². The summed E-state index contributed by atoms with van der Waals surface area (Å²) >= 11 is 0. The van der Waals surface area contributed by atoms with E-state index >= 15 is 0 Å². The van der Waals surface area contributed by atoms with Crippen LogP contribution in [-0.4, -0.2) is 37.2 Å². The van der Waals surface area contributed by atoms with Gasteiger partial charge in [0, 0.05) is 19.0 Å². The molecule has 0 aromatic heterocycles. The minimum absolute atomic E-state index is 0.121. The first-order valence-corrected chi connectivity index (χ1v) is 6.57. The van der Waals surface area contributed by atoms with E-state index in [1.165, 1.54) is 5.56 Å². The average molecular weight is 261 g/mol. The molecule has 4 nitrogen and oxygen atoms in total. The molecule has 102 valence electrons. The number of hydrogen-bond acceptors (Lipinski definition) is 4. The molecule has 0 amide bonds. The molecule has 0 spiro atoms. The van der Waals surface area contributed by atoms with Crippen molar-refractivity contribution in [2.75, 3.05) is 20.2 Å². The molecule has 1 aliphatic heterocycles. The van der Waals surface area contributed by atoms with Crippen LogP contribution in [0.1, 0.15) is 18.4 Å². The lowest BCUT2D eigenvalue weighted by molar-refractivity contribution is -0.133. The molecule has 2 rings (SSSR count). The van der Waals surface area contributed by atoms with Gasteiger partial charge in [-0.05, 0) is 37.1 Å². The van der Waals surface area contributed by atoms with Gasteiger partial charge in [-0.15, -0.1) is 0 Å². The van der Waals surface area contributed by atoms with Gasteiger partial charge in [0.2, 0.25) is 0 Å². The molecule has 1 aromatic carbocycles. The Kier molecular flexibility index (Phi) is 4.68. The average Bonchev–Trinajstić information content (AvgIpc) is 2.47. The predicted octanol–water partition coefficient (Wildman–Crippen LogP) is 1.68. The van der Waals surface area contributed by atoms with Crippen LogP contribution in [0, 0.1) is 5.92 Å². The fourth-order valence-electron chi connectivity index (χ4n) is 2.52. The Morgan fingerprint density at radius 3 is 2.79 bits per heavy atom. The normalized spacial score (nSPS) is 19.9. The minimum atomic E-state index is -0.264. The summed E-state index contributed by atoms with van der Waals surface area (Å²) in [5, 5.41) is 0. The van der Waals surface area contributed by atoms with Crippen LogP contribution in [0.2, 0.25) is 0 Å². The number of nitrogens with zero attached hydrogens (tertiary/aromatic N) is 1. The SMILES string of the molecule is COc1ccc(CN2CCCC(C(=O)C=O)C2)cc1. The van der Waals surface area contributed by atoms with Crippen molar-refractivity contribution in [1.82, 2.24) is 4.90 Å². The number of rotatable bonds is 5. The van der Waals surface area contributed by atoms with E-state index in [-0.39, 0.29) is 11.7 Å². The molecule has 19 heavy (non-hydrogen) atoms. The van der Waals surface area contributed by atoms with Gasteiger partial charge in [0.05, 0.1) is 7.11 Å². The maximum Gasteiger partial charge on any atom is 0.199 e. The maximum atomic E-state index is 11.4. The van der Waals surface area contributed by atoms with Crippen molar-refractivity contribution in [3.05, 3.63) is 29.8 Å². The molecule has 0 N–H and O–H groups in total. The van der Waals surface area contributed by atoms with Crippen LogP contribution >= 0.6 is 0 Å². The van der Waals surface area contributed by atoms with Crippen molar-refractivity contribution in [2.45, 2.75) is 19.4 Å². The second-order valence-corrected chi connectivity index (χ2v) is 4.94. The second-order valence-electron chi connectivity index (χ2n) is 4.94. The molecule has 1 aromatic rings. The first-order valence-electron chi connectivity index (χ1n) is 6.57. The third-order valence-corrected chi connectivity index (χ3v) is 3.59. The highest BCUT2D eigenvalue weighted by atomic mass is 16.5. The zero-order chi connectivity index (χ0) is 13.7. The highest BCUT2D eigenvalue weighted by molar-refractivity contribution is 6.26. The van der Waals surface area contributed by atoms with E-state index in [2.05, 4.69) is 4.90 Å². The number of ether oxygens (including phenoxy) is 1. The molecule has 1 atom stereocenters. The summed E-state index contributed by atoms with van der Waals surface area (Å²) in [7, 11) is 1.65. The summed E-state index contributed by atoms with van der Waals surface area (Å²) < 4.78 is 5.13. The number of ketones is 1. The molecular formula is C15H19NO3. The number of carbonyl (C=O) groups excluding carboxylic acids is 2. The van der Waals surface area contributed by atoms with Crippen molar-refractivity contribution in [2.24, 2.45) is 5.92 Å². The number of likely N-dealkylation sites (tertiary alicyclic amines) is 1. The predicted molar refractivity (Wildman–Crippen MR) is 72.1 cm³/mol. The Labute approximate surface area is 113 Å². The first-order chi connectivity index (χ1) is 9.22. The lowest BCUT2D eigenvalue weighted by Crippen LogP contribution is -2.38. The summed E-state index contributed by atoms with van der Waals surface area (Å²) in [6.45, 7) is 2.48. The maximum absolute atomic E-state index is 11.4. The quantitative estimate of drug-likeness (QED) is 0.597. The number of hydrogen-bond donors (Lipinski definition) is 0. The smallest absolute Gasteiger partial charge is 0.199 e. The van der Waals surface area contributed by atoms with Crippen LogP contribution in [-0.2, 0) is 16.1 Å². The molecule has 4 heteroatoms. The van der Waals surface area contributed by atoms with Crippen molar-refractivity contribution < 1.29 is 14.3 Å². The summed E-state index contributed by atoms with van der Waals surface area (Å²) in [5.74, 6) is 0.459. The molecule has 1 heterocycles. The van der Waals surface area contributed by atoms with E-state index in [1.807, 2.05) is 24.3 Å². The van der Waals surface area contributed by atoms with E-state index in [4.69, 9.17) is 4.74 Å². The van der Waals surface area contributed by atoms with Gasteiger partial charge in [-0.2, -0.15) is 0 Å². The van der Waals surface area contributed by atoms with Gasteiger partial charge in [-0.25, -0.2) is 0 Å². The largest absolute Gasteiger partial charge is 0.497 e. The highest BCUT2D eigenvalue weighted by Gasteiger charge is 2.25. The zero-order valence-corrected chi connectivity index (χ0v) is 11.2. The van der Waals surface area contributed by atoms with Crippen LogP contribution in [0.15, 0.2) is 24.3 Å². The fraction of sp³-hybridized carbons (Fsp3) is 0.467. The van der Waals surface area contributed by atoms with Gasteiger partial charge in [-0.1, -0.05) is 12.1 Å². The van der Waals surface area contributed by atoms with Crippen molar-refractivity contribution in [1.29, 1.82) is 0 Å². The van der Waals surface area contributed by atoms with Gasteiger partial charge in [-0.3, -0.25) is 14.5 Å². The number of benzene rings is 1. The van der Waals surface area contributed by atoms with E-state index < -0.39 is 0 Å². The second kappa shape index (κ2) is 6.48. The summed E-state index contributed by atoms with van der Waals surface area (Å²) in [5.41, 5.74) is 1.19. The van der Waals surface area contributed by atoms with Gasteiger partial charge in [0.1, 0.15) is 5.75 Å². The fourth-order valence-corrected chi connectivity index (χ4v) is 2.52. The number of methoxy groups -OCH3 is 1. The van der Waals surface area contributed by atoms with E-state index in [0.29, 0.717) is 12.8 Å². The lowest BCUT2D eigenvalue weighted by Gasteiger charge is -2.31. The molecule has 1 saturated heterocycles. The summed E-state index contributed by atoms with van der Waals surface area (Å²) in [6.07, 6.45) is 2.26. The van der Waals surface area contributed by atoms with Crippen molar-refractivity contribution in [3.8, 4) is 5.75 Å². The Morgan fingerprint density at radius 2 is 2.16 bits per heavy atom. The van der Waals surface area contributed by atoms with Crippen LogP contribution < -0.4 is 4.74 Å². The summed E-state index contributed by atoms with van der Waals surface area (Å²) in [4.78, 5) is 24.2. The Balaban J connectivity index is 1.94. The minimum Gasteiger partial charge on any atom is -0.497 e. The van der Waals surface area contributed by atoms with Gasteiger partial charge in [0.25, 0.3) is 0 Å². The van der Waals surface area contributed by atoms with Gasteiger partial charge in [0.15, 0.2) is 12.1 Å². The monoisotopic (exact) mass is 261 g/mol. The topological polar surface area (TPSA) is 46.6 Å². The third-order valence-electron chi connectivity index (χ3n) is 3.59. The van der Waals surface area contributed by atoms with Crippen LogP contribution in [0.4, 0.5) is 0 Å². The lowest BCUT2D eigenvalue weighted by atomic mass is 9.94. The number of aldehydes is 1. The third kappa shape index (κ3) is 3.64. The van der Waals surface area contributed by atoms with Crippen LogP contribution in [0.5, 0.6) is 5.75 Å². The zero-order valence-electron chi connectivity index (χ0n) is 11.2. The molecule has 0 aliphatic carbocycles. The Morgan fingerprint density at radius 1 is 1.42 bits per heavy atom. The molecule has 1 fully saturated rings. The molecule has 0 radical (unpaired) electrons. The number of carbonyl (C=O) groups is 2. The van der Waals surface area contributed by atoms with Crippen LogP contribution in [0.3, 0.4) is 0 Å². The van der Waals surface area contributed by atoms with E-state index in [9.17, 15) is 9.59 Å². The molecular weight excluding hydrogens is 242 g/mol. The van der Waals surface area contributed by atoms with Crippen molar-refractivity contribution in [3.63, 3.8) is 0 Å².